The molecule has 0 aliphatic carbocycles. The lowest BCUT2D eigenvalue weighted by Crippen LogP contribution is -2.37. The molecule has 0 radical (unpaired) electrons. The van der Waals surface area contributed by atoms with Crippen molar-refractivity contribution in [1.82, 2.24) is 0 Å². The van der Waals surface area contributed by atoms with Gasteiger partial charge in [0.2, 0.25) is 0 Å². The molecule has 0 spiro atoms. The predicted octanol–water partition coefficient (Wildman–Crippen LogP) is 2.67. The van der Waals surface area contributed by atoms with Gasteiger partial charge in [-0.1, -0.05) is 42.1 Å². The van der Waals surface area contributed by atoms with Crippen molar-refractivity contribution in [2.24, 2.45) is 4.99 Å². The Kier molecular flexibility index (Phi) is 4.77. The first kappa shape index (κ1) is 18.2. The monoisotopic (exact) mass is 404 g/mol. The second-order valence-electron chi connectivity index (χ2n) is 6.60. The van der Waals surface area contributed by atoms with E-state index in [0.717, 1.165) is 5.56 Å². The van der Waals surface area contributed by atoms with Crippen LogP contribution in [0.3, 0.4) is 0 Å². The number of thioether (sulfide) groups is 1. The SMILES string of the molecule is O=C(Cc1ccccc1)N=C1S[C@@H]2CS(=O)(=O)C[C@@H]2N1c1ccc(F)cc1. The number of halogens is 1. The number of fused-ring (bicyclic) bond motifs is 1. The number of hydrogen-bond donors (Lipinski definition) is 0. The number of sulfone groups is 1. The van der Waals surface area contributed by atoms with E-state index in [2.05, 4.69) is 4.99 Å². The van der Waals surface area contributed by atoms with Crippen LogP contribution >= 0.6 is 11.8 Å². The summed E-state index contributed by atoms with van der Waals surface area (Å²) in [6, 6.07) is 14.8. The number of hydrogen-bond acceptors (Lipinski definition) is 4. The van der Waals surface area contributed by atoms with Crippen molar-refractivity contribution in [3.8, 4) is 0 Å². The maximum atomic E-state index is 13.3. The second kappa shape index (κ2) is 7.09. The lowest BCUT2D eigenvalue weighted by Gasteiger charge is -2.24. The van der Waals surface area contributed by atoms with E-state index in [-0.39, 0.29) is 40.9 Å². The summed E-state index contributed by atoms with van der Waals surface area (Å²) in [7, 11) is -3.13. The molecular formula is C19H17FN2O3S2. The van der Waals surface area contributed by atoms with Crippen LogP contribution in [0.15, 0.2) is 59.6 Å². The fraction of sp³-hybridized carbons (Fsp3) is 0.263. The zero-order valence-electron chi connectivity index (χ0n) is 14.3. The van der Waals surface area contributed by atoms with Crippen LogP contribution in [-0.4, -0.2) is 42.3 Å². The maximum Gasteiger partial charge on any atom is 0.252 e. The van der Waals surface area contributed by atoms with Crippen LogP contribution in [0.1, 0.15) is 5.56 Å². The summed E-state index contributed by atoms with van der Waals surface area (Å²) in [5.41, 5.74) is 1.51. The second-order valence-corrected chi connectivity index (χ2v) is 9.96. The number of amidine groups is 1. The highest BCUT2D eigenvalue weighted by Gasteiger charge is 2.49. The number of amides is 1. The summed E-state index contributed by atoms with van der Waals surface area (Å²) < 4.78 is 37.4. The topological polar surface area (TPSA) is 66.8 Å². The minimum atomic E-state index is -3.13. The smallest absolute Gasteiger partial charge is 0.252 e. The quantitative estimate of drug-likeness (QED) is 0.787. The molecule has 0 N–H and O–H groups in total. The average Bonchev–Trinajstić information content (AvgIpc) is 3.07. The van der Waals surface area contributed by atoms with E-state index in [1.165, 1.54) is 23.9 Å². The van der Waals surface area contributed by atoms with E-state index in [1.807, 2.05) is 30.3 Å². The summed E-state index contributed by atoms with van der Waals surface area (Å²) in [6.45, 7) is 0. The highest BCUT2D eigenvalue weighted by Crippen LogP contribution is 2.41. The van der Waals surface area contributed by atoms with Gasteiger partial charge in [0, 0.05) is 10.9 Å². The Labute approximate surface area is 161 Å². The highest BCUT2D eigenvalue weighted by atomic mass is 32.2. The molecule has 0 bridgehead atoms. The van der Waals surface area contributed by atoms with Crippen molar-refractivity contribution in [3.05, 3.63) is 66.0 Å². The number of rotatable bonds is 3. The Morgan fingerprint density at radius 1 is 1.11 bits per heavy atom. The van der Waals surface area contributed by atoms with Gasteiger partial charge >= 0.3 is 0 Å². The molecule has 0 unspecified atom stereocenters. The zero-order chi connectivity index (χ0) is 19.0. The molecule has 5 nitrogen and oxygen atoms in total. The van der Waals surface area contributed by atoms with Crippen molar-refractivity contribution in [1.29, 1.82) is 0 Å². The molecular weight excluding hydrogens is 387 g/mol. The minimum Gasteiger partial charge on any atom is -0.316 e. The van der Waals surface area contributed by atoms with Crippen LogP contribution in [0.25, 0.3) is 0 Å². The molecule has 2 aliphatic rings. The summed E-state index contributed by atoms with van der Waals surface area (Å²) in [4.78, 5) is 18.5. The Hall–Kier alpha value is -2.19. The van der Waals surface area contributed by atoms with E-state index < -0.39 is 9.84 Å². The van der Waals surface area contributed by atoms with Gasteiger partial charge in [-0.05, 0) is 29.8 Å². The molecule has 2 aliphatic heterocycles. The number of anilines is 1. The number of carbonyl (C=O) groups is 1. The molecule has 2 saturated heterocycles. The number of aliphatic imine (C=N–C) groups is 1. The molecule has 8 heteroatoms. The molecule has 2 aromatic carbocycles. The summed E-state index contributed by atoms with van der Waals surface area (Å²) >= 11 is 1.31. The highest BCUT2D eigenvalue weighted by molar-refractivity contribution is 8.16. The lowest BCUT2D eigenvalue weighted by molar-refractivity contribution is -0.117. The average molecular weight is 404 g/mol. The third-order valence-electron chi connectivity index (χ3n) is 4.59. The molecule has 2 heterocycles. The van der Waals surface area contributed by atoms with Crippen molar-refractivity contribution in [3.63, 3.8) is 0 Å². The largest absolute Gasteiger partial charge is 0.316 e. The first-order valence-corrected chi connectivity index (χ1v) is 11.2. The maximum absolute atomic E-state index is 13.3. The normalized spacial score (nSPS) is 24.9. The molecule has 2 fully saturated rings. The lowest BCUT2D eigenvalue weighted by atomic mass is 10.1. The third kappa shape index (κ3) is 3.91. The van der Waals surface area contributed by atoms with E-state index in [0.29, 0.717) is 10.9 Å². The van der Waals surface area contributed by atoms with Gasteiger partial charge < -0.3 is 4.90 Å². The van der Waals surface area contributed by atoms with Crippen molar-refractivity contribution in [2.75, 3.05) is 16.4 Å². The van der Waals surface area contributed by atoms with Gasteiger partial charge in [-0.25, -0.2) is 12.8 Å². The van der Waals surface area contributed by atoms with Gasteiger partial charge in [-0.15, -0.1) is 0 Å². The zero-order valence-corrected chi connectivity index (χ0v) is 15.9. The number of carbonyl (C=O) groups excluding carboxylic acids is 1. The molecule has 0 aromatic heterocycles. The van der Waals surface area contributed by atoms with Crippen LogP contribution in [0.4, 0.5) is 10.1 Å². The van der Waals surface area contributed by atoms with Crippen molar-refractivity contribution >= 4 is 38.4 Å². The van der Waals surface area contributed by atoms with Gasteiger partial charge in [-0.2, -0.15) is 4.99 Å². The molecule has 2 aromatic rings. The van der Waals surface area contributed by atoms with Crippen LogP contribution in [0.2, 0.25) is 0 Å². The molecule has 2 atom stereocenters. The van der Waals surface area contributed by atoms with E-state index in [9.17, 15) is 17.6 Å². The number of benzene rings is 2. The summed E-state index contributed by atoms with van der Waals surface area (Å²) in [5.74, 6) is -0.599. The van der Waals surface area contributed by atoms with Gasteiger partial charge in [0.05, 0.1) is 24.0 Å². The molecule has 4 rings (SSSR count). The van der Waals surface area contributed by atoms with E-state index in [1.54, 1.807) is 17.0 Å². The van der Waals surface area contributed by atoms with Gasteiger partial charge in [-0.3, -0.25) is 4.79 Å². The van der Waals surface area contributed by atoms with Gasteiger partial charge in [0.25, 0.3) is 5.91 Å². The summed E-state index contributed by atoms with van der Waals surface area (Å²) in [5, 5.41) is 0.302. The minimum absolute atomic E-state index is 0.00788. The van der Waals surface area contributed by atoms with Crippen molar-refractivity contribution < 1.29 is 17.6 Å². The van der Waals surface area contributed by atoms with Crippen molar-refractivity contribution in [2.45, 2.75) is 17.7 Å². The summed E-state index contributed by atoms with van der Waals surface area (Å²) in [6.07, 6.45) is 0.176. The molecule has 0 saturated carbocycles. The van der Waals surface area contributed by atoms with Crippen LogP contribution in [-0.2, 0) is 21.1 Å². The van der Waals surface area contributed by atoms with Crippen LogP contribution in [0.5, 0.6) is 0 Å². The Morgan fingerprint density at radius 2 is 1.81 bits per heavy atom. The van der Waals surface area contributed by atoms with Crippen LogP contribution < -0.4 is 4.90 Å². The van der Waals surface area contributed by atoms with Gasteiger partial charge in [0.1, 0.15) is 5.82 Å². The predicted molar refractivity (Wildman–Crippen MR) is 105 cm³/mol. The first-order chi connectivity index (χ1) is 12.9. The van der Waals surface area contributed by atoms with Crippen LogP contribution in [0, 0.1) is 5.82 Å². The first-order valence-electron chi connectivity index (χ1n) is 8.49. The molecule has 1 amide bonds. The number of nitrogens with zero attached hydrogens (tertiary/aromatic N) is 2. The fourth-order valence-electron chi connectivity index (χ4n) is 3.38. The Bertz CT molecular complexity index is 991. The Morgan fingerprint density at radius 3 is 2.52 bits per heavy atom. The standard InChI is InChI=1S/C19H17FN2O3S2/c20-14-6-8-15(9-7-14)22-16-11-27(24,25)12-17(16)26-19(22)21-18(23)10-13-4-2-1-3-5-13/h1-9,16-17H,10-12H2/t16-,17+/m0/s1. The molecule has 27 heavy (non-hydrogen) atoms. The van der Waals surface area contributed by atoms with Gasteiger partial charge in [0.15, 0.2) is 15.0 Å². The molecule has 140 valence electrons. The third-order valence-corrected chi connectivity index (χ3v) is 7.80. The fourth-order valence-corrected chi connectivity index (χ4v) is 7.32. The van der Waals surface area contributed by atoms with E-state index in [4.69, 9.17) is 0 Å². The van der Waals surface area contributed by atoms with E-state index >= 15 is 0 Å². The Balaban J connectivity index is 1.64.